The zero-order chi connectivity index (χ0) is 11.8. The minimum Gasteiger partial charge on any atom is -0.477 e. The van der Waals surface area contributed by atoms with Crippen molar-refractivity contribution < 1.29 is 9.90 Å². The number of hydrogen-bond acceptors (Lipinski definition) is 4. The highest BCUT2D eigenvalue weighted by Gasteiger charge is 2.35. The van der Waals surface area contributed by atoms with Gasteiger partial charge < -0.3 is 10.8 Å². The maximum Gasteiger partial charge on any atom is 0.347 e. The second kappa shape index (κ2) is 4.14. The maximum atomic E-state index is 11.0. The Balaban J connectivity index is 2.39. The molecule has 0 radical (unpaired) electrons. The lowest BCUT2D eigenvalue weighted by molar-refractivity contribution is 0.0701. The number of rotatable bonds is 3. The third-order valence-electron chi connectivity index (χ3n) is 3.15. The van der Waals surface area contributed by atoms with E-state index in [0.717, 1.165) is 30.7 Å². The van der Waals surface area contributed by atoms with Gasteiger partial charge in [0.15, 0.2) is 0 Å². The van der Waals surface area contributed by atoms with Crippen LogP contribution in [-0.2, 0) is 12.0 Å². The number of carboxylic acid groups (broad SMARTS) is 1. The predicted octanol–water partition coefficient (Wildman–Crippen LogP) is 2.13. The topological polar surface area (TPSA) is 76.2 Å². The van der Waals surface area contributed by atoms with Gasteiger partial charge in [-0.3, -0.25) is 0 Å². The lowest BCUT2D eigenvalue weighted by atomic mass is 10.0. The fourth-order valence-corrected chi connectivity index (χ4v) is 3.34. The maximum absolute atomic E-state index is 11.0. The van der Waals surface area contributed by atoms with E-state index in [0.29, 0.717) is 17.0 Å². The van der Waals surface area contributed by atoms with E-state index < -0.39 is 5.97 Å². The molecule has 1 aliphatic carbocycles. The average molecular weight is 240 g/mol. The standard InChI is InChI=1S/C11H16N2O2S/c1-2-7-8(9(14)15)16-10(13-7)11(12)5-3-4-6-11/h2-6,12H2,1H3,(H,14,15). The first-order valence-corrected chi connectivity index (χ1v) is 6.41. The van der Waals surface area contributed by atoms with Crippen LogP contribution in [0, 0.1) is 0 Å². The van der Waals surface area contributed by atoms with Gasteiger partial charge in [-0.25, -0.2) is 9.78 Å². The number of aromatic carboxylic acids is 1. The van der Waals surface area contributed by atoms with Crippen molar-refractivity contribution in [2.45, 2.75) is 44.6 Å². The Morgan fingerprint density at radius 3 is 2.62 bits per heavy atom. The number of nitrogens with two attached hydrogens (primary N) is 1. The number of hydrogen-bond donors (Lipinski definition) is 2. The molecule has 0 amide bonds. The first kappa shape index (κ1) is 11.5. The van der Waals surface area contributed by atoms with Crippen molar-refractivity contribution in [2.75, 3.05) is 0 Å². The number of thiazole rings is 1. The van der Waals surface area contributed by atoms with Gasteiger partial charge >= 0.3 is 5.97 Å². The third-order valence-corrected chi connectivity index (χ3v) is 4.45. The number of nitrogens with zero attached hydrogens (tertiary/aromatic N) is 1. The second-order valence-corrected chi connectivity index (χ2v) is 5.32. The molecule has 16 heavy (non-hydrogen) atoms. The van der Waals surface area contributed by atoms with Gasteiger partial charge in [-0.15, -0.1) is 11.3 Å². The molecule has 0 spiro atoms. The molecule has 5 heteroatoms. The van der Waals surface area contributed by atoms with Crippen LogP contribution in [0.1, 0.15) is 53.0 Å². The van der Waals surface area contributed by atoms with Gasteiger partial charge in [0.05, 0.1) is 11.2 Å². The monoisotopic (exact) mass is 240 g/mol. The van der Waals surface area contributed by atoms with Gasteiger partial charge in [-0.05, 0) is 19.3 Å². The molecule has 1 fully saturated rings. The van der Waals surface area contributed by atoms with Gasteiger partial charge in [0.2, 0.25) is 0 Å². The lowest BCUT2D eigenvalue weighted by Gasteiger charge is -2.19. The van der Waals surface area contributed by atoms with E-state index in [1.165, 1.54) is 11.3 Å². The lowest BCUT2D eigenvalue weighted by Crippen LogP contribution is -2.32. The van der Waals surface area contributed by atoms with E-state index in [2.05, 4.69) is 4.98 Å². The molecule has 1 aromatic heterocycles. The number of aryl methyl sites for hydroxylation is 1. The molecule has 88 valence electrons. The molecular weight excluding hydrogens is 224 g/mol. The zero-order valence-electron chi connectivity index (χ0n) is 9.32. The van der Waals surface area contributed by atoms with Gasteiger partial charge in [-0.1, -0.05) is 19.8 Å². The minimum absolute atomic E-state index is 0.356. The Hall–Kier alpha value is -0.940. The molecule has 0 bridgehead atoms. The number of aromatic nitrogens is 1. The van der Waals surface area contributed by atoms with Crippen molar-refractivity contribution in [3.05, 3.63) is 15.6 Å². The summed E-state index contributed by atoms with van der Waals surface area (Å²) in [6.07, 6.45) is 4.71. The fourth-order valence-electron chi connectivity index (χ4n) is 2.19. The minimum atomic E-state index is -0.887. The highest BCUT2D eigenvalue weighted by atomic mass is 32.1. The Kier molecular flexibility index (Phi) is 2.99. The van der Waals surface area contributed by atoms with Crippen LogP contribution in [0.2, 0.25) is 0 Å². The molecular formula is C11H16N2O2S. The van der Waals surface area contributed by atoms with Crippen molar-refractivity contribution in [1.29, 1.82) is 0 Å². The molecule has 0 aliphatic heterocycles. The van der Waals surface area contributed by atoms with Gasteiger partial charge in [-0.2, -0.15) is 0 Å². The van der Waals surface area contributed by atoms with Crippen molar-refractivity contribution >= 4 is 17.3 Å². The molecule has 1 aromatic rings. The third kappa shape index (κ3) is 1.85. The average Bonchev–Trinajstić information content (AvgIpc) is 2.83. The van der Waals surface area contributed by atoms with Gasteiger partial charge in [0, 0.05) is 0 Å². The zero-order valence-corrected chi connectivity index (χ0v) is 10.1. The summed E-state index contributed by atoms with van der Waals surface area (Å²) in [5, 5.41) is 9.87. The first-order chi connectivity index (χ1) is 7.57. The summed E-state index contributed by atoms with van der Waals surface area (Å²) < 4.78 is 0. The molecule has 1 aliphatic rings. The van der Waals surface area contributed by atoms with Crippen LogP contribution in [0.5, 0.6) is 0 Å². The Bertz CT molecular complexity index is 408. The fraction of sp³-hybridized carbons (Fsp3) is 0.636. The predicted molar refractivity (Wildman–Crippen MR) is 62.8 cm³/mol. The molecule has 0 unspecified atom stereocenters. The van der Waals surface area contributed by atoms with Crippen LogP contribution >= 0.6 is 11.3 Å². The van der Waals surface area contributed by atoms with Crippen molar-refractivity contribution in [1.82, 2.24) is 4.98 Å². The molecule has 1 heterocycles. The van der Waals surface area contributed by atoms with E-state index in [9.17, 15) is 4.79 Å². The highest BCUT2D eigenvalue weighted by molar-refractivity contribution is 7.13. The SMILES string of the molecule is CCc1nc(C2(N)CCCC2)sc1C(=O)O. The molecule has 0 aromatic carbocycles. The smallest absolute Gasteiger partial charge is 0.347 e. The van der Waals surface area contributed by atoms with E-state index >= 15 is 0 Å². The van der Waals surface area contributed by atoms with Crippen LogP contribution in [0.4, 0.5) is 0 Å². The summed E-state index contributed by atoms with van der Waals surface area (Å²) in [4.78, 5) is 15.8. The molecule has 0 atom stereocenters. The summed E-state index contributed by atoms with van der Waals surface area (Å²) in [6.45, 7) is 1.92. The normalized spacial score (nSPS) is 18.9. The Labute approximate surface area is 98.5 Å². The van der Waals surface area contributed by atoms with Gasteiger partial charge in [0.1, 0.15) is 9.88 Å². The highest BCUT2D eigenvalue weighted by Crippen LogP contribution is 2.39. The summed E-state index contributed by atoms with van der Waals surface area (Å²) in [7, 11) is 0. The molecule has 2 rings (SSSR count). The van der Waals surface area contributed by atoms with Crippen molar-refractivity contribution in [3.63, 3.8) is 0 Å². The summed E-state index contributed by atoms with van der Waals surface area (Å²) in [5.41, 5.74) is 6.57. The summed E-state index contributed by atoms with van der Waals surface area (Å²) in [5.74, 6) is -0.887. The first-order valence-electron chi connectivity index (χ1n) is 5.59. The molecule has 1 saturated carbocycles. The van der Waals surface area contributed by atoms with Crippen LogP contribution in [-0.4, -0.2) is 16.1 Å². The van der Waals surface area contributed by atoms with E-state index in [4.69, 9.17) is 10.8 Å². The van der Waals surface area contributed by atoms with Crippen molar-refractivity contribution in [2.24, 2.45) is 5.73 Å². The summed E-state index contributed by atoms with van der Waals surface area (Å²) >= 11 is 1.25. The number of carbonyl (C=O) groups is 1. The van der Waals surface area contributed by atoms with E-state index in [-0.39, 0.29) is 5.54 Å². The van der Waals surface area contributed by atoms with Crippen LogP contribution in [0.25, 0.3) is 0 Å². The Morgan fingerprint density at radius 2 is 2.19 bits per heavy atom. The largest absolute Gasteiger partial charge is 0.477 e. The Morgan fingerprint density at radius 1 is 1.56 bits per heavy atom. The quantitative estimate of drug-likeness (QED) is 0.848. The van der Waals surface area contributed by atoms with E-state index in [1.54, 1.807) is 0 Å². The molecule has 4 nitrogen and oxygen atoms in total. The van der Waals surface area contributed by atoms with E-state index in [1.807, 2.05) is 6.92 Å². The summed E-state index contributed by atoms with van der Waals surface area (Å²) in [6, 6.07) is 0. The molecule has 0 saturated heterocycles. The van der Waals surface area contributed by atoms with Crippen LogP contribution < -0.4 is 5.73 Å². The van der Waals surface area contributed by atoms with Crippen LogP contribution in [0.3, 0.4) is 0 Å². The number of carboxylic acids is 1. The van der Waals surface area contributed by atoms with Crippen LogP contribution in [0.15, 0.2) is 0 Å². The van der Waals surface area contributed by atoms with Gasteiger partial charge in [0.25, 0.3) is 0 Å². The molecule has 3 N–H and O–H groups in total. The van der Waals surface area contributed by atoms with Crippen molar-refractivity contribution in [3.8, 4) is 0 Å². The second-order valence-electron chi connectivity index (χ2n) is 4.32.